The van der Waals surface area contributed by atoms with Crippen molar-refractivity contribution in [3.63, 3.8) is 0 Å². The molecule has 6 nitrogen and oxygen atoms in total. The number of amides is 1. The van der Waals surface area contributed by atoms with Gasteiger partial charge in [-0.1, -0.05) is 41.9 Å². The van der Waals surface area contributed by atoms with Gasteiger partial charge in [0, 0.05) is 24.0 Å². The van der Waals surface area contributed by atoms with E-state index in [0.717, 1.165) is 0 Å². The maximum Gasteiger partial charge on any atom is 0.227 e. The first-order valence-corrected chi connectivity index (χ1v) is 11.0. The highest BCUT2D eigenvalue weighted by Gasteiger charge is 2.31. The van der Waals surface area contributed by atoms with Gasteiger partial charge in [-0.15, -0.1) is 0 Å². The van der Waals surface area contributed by atoms with Crippen molar-refractivity contribution >= 4 is 33.2 Å². The normalized spacial score (nSPS) is 15.9. The van der Waals surface area contributed by atoms with E-state index < -0.39 is 10.0 Å². The molecule has 28 heavy (non-hydrogen) atoms. The van der Waals surface area contributed by atoms with Crippen molar-refractivity contribution in [1.82, 2.24) is 4.31 Å². The third-order valence-corrected chi connectivity index (χ3v) is 7.08. The molecule has 2 aromatic rings. The summed E-state index contributed by atoms with van der Waals surface area (Å²) in [5.74, 6) is 0.102. The first kappa shape index (κ1) is 20.6. The second-order valence-electron chi connectivity index (χ2n) is 6.71. The number of halogens is 1. The predicted molar refractivity (Wildman–Crippen MR) is 110 cm³/mol. The van der Waals surface area contributed by atoms with Gasteiger partial charge in [0.05, 0.1) is 18.6 Å². The standard InChI is InChI=1S/C20H23ClN2O4S/c1-27-19-9-5-4-8-18(19)22-20(24)15-10-12-23(13-11-15)28(25,26)14-16-6-2-3-7-17(16)21/h2-9,15H,10-14H2,1H3,(H,22,24). The lowest BCUT2D eigenvalue weighted by molar-refractivity contribution is -0.120. The Balaban J connectivity index is 1.59. The molecule has 0 aliphatic carbocycles. The molecule has 150 valence electrons. The van der Waals surface area contributed by atoms with Crippen LogP contribution in [0.4, 0.5) is 5.69 Å². The summed E-state index contributed by atoms with van der Waals surface area (Å²) in [5, 5.41) is 3.32. The van der Waals surface area contributed by atoms with E-state index >= 15 is 0 Å². The lowest BCUT2D eigenvalue weighted by Crippen LogP contribution is -2.41. The number of anilines is 1. The summed E-state index contributed by atoms with van der Waals surface area (Å²) in [6.07, 6.45) is 0.950. The van der Waals surface area contributed by atoms with Crippen molar-refractivity contribution < 1.29 is 17.9 Å². The lowest BCUT2D eigenvalue weighted by Gasteiger charge is -2.30. The van der Waals surface area contributed by atoms with Crippen LogP contribution >= 0.6 is 11.6 Å². The molecule has 1 fully saturated rings. The molecular weight excluding hydrogens is 400 g/mol. The smallest absolute Gasteiger partial charge is 0.227 e. The minimum absolute atomic E-state index is 0.118. The van der Waals surface area contributed by atoms with E-state index in [2.05, 4.69) is 5.32 Å². The Labute approximate surface area is 170 Å². The van der Waals surface area contributed by atoms with E-state index in [4.69, 9.17) is 16.3 Å². The molecule has 0 bridgehead atoms. The lowest BCUT2D eigenvalue weighted by atomic mass is 9.97. The van der Waals surface area contributed by atoms with Gasteiger partial charge in [-0.3, -0.25) is 4.79 Å². The number of sulfonamides is 1. The number of nitrogens with zero attached hydrogens (tertiary/aromatic N) is 1. The Kier molecular flexibility index (Phi) is 6.59. The van der Waals surface area contributed by atoms with Crippen molar-refractivity contribution in [1.29, 1.82) is 0 Å². The number of para-hydroxylation sites is 2. The number of carbonyl (C=O) groups excluding carboxylic acids is 1. The van der Waals surface area contributed by atoms with Gasteiger partial charge in [0.15, 0.2) is 0 Å². The molecule has 0 unspecified atom stereocenters. The van der Waals surface area contributed by atoms with Gasteiger partial charge in [-0.05, 0) is 36.6 Å². The second-order valence-corrected chi connectivity index (χ2v) is 9.09. The molecule has 0 atom stereocenters. The fraction of sp³-hybridized carbons (Fsp3) is 0.350. The third kappa shape index (κ3) is 4.84. The minimum Gasteiger partial charge on any atom is -0.495 e. The molecule has 1 aliphatic heterocycles. The monoisotopic (exact) mass is 422 g/mol. The zero-order valence-electron chi connectivity index (χ0n) is 15.6. The first-order valence-electron chi connectivity index (χ1n) is 9.06. The predicted octanol–water partition coefficient (Wildman–Crippen LogP) is 3.53. The van der Waals surface area contributed by atoms with Crippen LogP contribution < -0.4 is 10.1 Å². The zero-order chi connectivity index (χ0) is 20.1. The van der Waals surface area contributed by atoms with Gasteiger partial charge in [0.25, 0.3) is 0 Å². The van der Waals surface area contributed by atoms with Crippen LogP contribution in [0.5, 0.6) is 5.75 Å². The second kappa shape index (κ2) is 8.94. The highest BCUT2D eigenvalue weighted by Crippen LogP contribution is 2.27. The summed E-state index contributed by atoms with van der Waals surface area (Å²) in [6.45, 7) is 0.633. The van der Waals surface area contributed by atoms with E-state index in [9.17, 15) is 13.2 Å². The number of piperidine rings is 1. The van der Waals surface area contributed by atoms with Gasteiger partial charge >= 0.3 is 0 Å². The SMILES string of the molecule is COc1ccccc1NC(=O)C1CCN(S(=O)(=O)Cc2ccccc2Cl)CC1. The maximum absolute atomic E-state index is 12.7. The number of benzene rings is 2. The molecule has 0 spiro atoms. The topological polar surface area (TPSA) is 75.7 Å². The summed E-state index contributed by atoms with van der Waals surface area (Å²) >= 11 is 6.09. The van der Waals surface area contributed by atoms with Gasteiger partial charge in [-0.2, -0.15) is 0 Å². The largest absolute Gasteiger partial charge is 0.495 e. The average Bonchev–Trinajstić information content (AvgIpc) is 2.70. The van der Waals surface area contributed by atoms with Crippen molar-refractivity contribution in [2.45, 2.75) is 18.6 Å². The molecule has 0 radical (unpaired) electrons. The van der Waals surface area contributed by atoms with Crippen molar-refractivity contribution in [3.05, 3.63) is 59.1 Å². The number of methoxy groups -OCH3 is 1. The van der Waals surface area contributed by atoms with Crippen LogP contribution in [-0.4, -0.2) is 38.8 Å². The van der Waals surface area contributed by atoms with Crippen LogP contribution in [0.1, 0.15) is 18.4 Å². The van der Waals surface area contributed by atoms with Gasteiger partial charge in [-0.25, -0.2) is 12.7 Å². The van der Waals surface area contributed by atoms with E-state index in [1.165, 1.54) is 4.31 Å². The molecule has 1 aliphatic rings. The van der Waals surface area contributed by atoms with Crippen LogP contribution in [0.15, 0.2) is 48.5 Å². The molecule has 0 aromatic heterocycles. The van der Waals surface area contributed by atoms with Gasteiger partial charge < -0.3 is 10.1 Å². The first-order chi connectivity index (χ1) is 13.4. The summed E-state index contributed by atoms with van der Waals surface area (Å²) < 4.78 is 32.1. The zero-order valence-corrected chi connectivity index (χ0v) is 17.2. The minimum atomic E-state index is -3.48. The molecule has 3 rings (SSSR count). The Hall–Kier alpha value is -2.09. The van der Waals surface area contributed by atoms with E-state index in [1.54, 1.807) is 43.5 Å². The summed E-state index contributed by atoms with van der Waals surface area (Å²) in [4.78, 5) is 12.6. The van der Waals surface area contributed by atoms with Crippen LogP contribution in [0.3, 0.4) is 0 Å². The highest BCUT2D eigenvalue weighted by atomic mass is 35.5. The molecule has 1 amide bonds. The number of hydrogen-bond acceptors (Lipinski definition) is 4. The van der Waals surface area contributed by atoms with E-state index in [-0.39, 0.29) is 17.6 Å². The molecule has 1 N–H and O–H groups in total. The number of ether oxygens (including phenoxy) is 1. The van der Waals surface area contributed by atoms with Gasteiger partial charge in [0.2, 0.25) is 15.9 Å². The fourth-order valence-electron chi connectivity index (χ4n) is 3.28. The third-order valence-electron chi connectivity index (χ3n) is 4.88. The number of nitrogens with one attached hydrogen (secondary N) is 1. The van der Waals surface area contributed by atoms with Crippen LogP contribution in [0.25, 0.3) is 0 Å². The average molecular weight is 423 g/mol. The van der Waals surface area contributed by atoms with Crippen LogP contribution in [0, 0.1) is 5.92 Å². The van der Waals surface area contributed by atoms with Gasteiger partial charge in [0.1, 0.15) is 5.75 Å². The highest BCUT2D eigenvalue weighted by molar-refractivity contribution is 7.88. The van der Waals surface area contributed by atoms with E-state index in [0.29, 0.717) is 48.0 Å². The van der Waals surface area contributed by atoms with Crippen LogP contribution in [0.2, 0.25) is 5.02 Å². The fourth-order valence-corrected chi connectivity index (χ4v) is 5.16. The Bertz CT molecular complexity index is 941. The number of rotatable bonds is 6. The van der Waals surface area contributed by atoms with Crippen molar-refractivity contribution in [2.24, 2.45) is 5.92 Å². The molecular formula is C20H23ClN2O4S. The molecule has 1 saturated heterocycles. The Morgan fingerprint density at radius 2 is 1.79 bits per heavy atom. The number of carbonyl (C=O) groups is 1. The van der Waals surface area contributed by atoms with Crippen molar-refractivity contribution in [2.75, 3.05) is 25.5 Å². The molecule has 1 heterocycles. The quantitative estimate of drug-likeness (QED) is 0.772. The summed E-state index contributed by atoms with van der Waals surface area (Å²) in [7, 11) is -1.93. The number of hydrogen-bond donors (Lipinski definition) is 1. The summed E-state index contributed by atoms with van der Waals surface area (Å²) in [6, 6.07) is 14.1. The molecule has 0 saturated carbocycles. The Morgan fingerprint density at radius 1 is 1.14 bits per heavy atom. The molecule has 8 heteroatoms. The summed E-state index contributed by atoms with van der Waals surface area (Å²) in [5.41, 5.74) is 1.20. The maximum atomic E-state index is 12.7. The van der Waals surface area contributed by atoms with Crippen LogP contribution in [-0.2, 0) is 20.6 Å². The Morgan fingerprint density at radius 3 is 2.46 bits per heavy atom. The van der Waals surface area contributed by atoms with Crippen molar-refractivity contribution in [3.8, 4) is 5.75 Å². The van der Waals surface area contributed by atoms with E-state index in [1.807, 2.05) is 12.1 Å². The molecule has 2 aromatic carbocycles.